The van der Waals surface area contributed by atoms with Crippen molar-refractivity contribution in [2.24, 2.45) is 10.8 Å². The number of esters is 2. The maximum absolute atomic E-state index is 11.9. The van der Waals surface area contributed by atoms with Crippen molar-refractivity contribution < 1.29 is 28.5 Å². The summed E-state index contributed by atoms with van der Waals surface area (Å²) in [6.07, 6.45) is 1.71. The van der Waals surface area contributed by atoms with Crippen LogP contribution in [0.3, 0.4) is 0 Å². The monoisotopic (exact) mass is 312 g/mol. The summed E-state index contributed by atoms with van der Waals surface area (Å²) >= 11 is 0. The summed E-state index contributed by atoms with van der Waals surface area (Å²) in [7, 11) is 0. The molecule has 2 heterocycles. The molecule has 2 aliphatic rings. The van der Waals surface area contributed by atoms with Gasteiger partial charge < -0.3 is 18.9 Å². The predicted molar refractivity (Wildman–Crippen MR) is 78.1 cm³/mol. The van der Waals surface area contributed by atoms with Crippen LogP contribution >= 0.6 is 0 Å². The van der Waals surface area contributed by atoms with Crippen molar-refractivity contribution in [3.05, 3.63) is 12.2 Å². The summed E-state index contributed by atoms with van der Waals surface area (Å²) < 4.78 is 20.7. The molecule has 0 aromatic rings. The topological polar surface area (TPSA) is 71.1 Å². The average molecular weight is 312 g/mol. The number of carbonyl (C=O) groups is 2. The largest absolute Gasteiger partial charge is 0.461 e. The molecule has 2 fully saturated rings. The quantitative estimate of drug-likeness (QED) is 0.293. The summed E-state index contributed by atoms with van der Waals surface area (Å²) in [6.45, 7) is 10.3. The molecule has 0 unspecified atom stereocenters. The van der Waals surface area contributed by atoms with E-state index in [0.29, 0.717) is 26.4 Å². The average Bonchev–Trinajstić information content (AvgIpc) is 2.44. The van der Waals surface area contributed by atoms with Crippen molar-refractivity contribution in [1.29, 1.82) is 0 Å². The first kappa shape index (κ1) is 17.0. The summed E-state index contributed by atoms with van der Waals surface area (Å²) in [6, 6.07) is 0. The molecule has 2 aliphatic heterocycles. The Balaban J connectivity index is 1.75. The highest BCUT2D eigenvalue weighted by atomic mass is 16.6. The van der Waals surface area contributed by atoms with Gasteiger partial charge in [-0.15, -0.1) is 0 Å². The van der Waals surface area contributed by atoms with Gasteiger partial charge in [-0.3, -0.25) is 0 Å². The van der Waals surface area contributed by atoms with Gasteiger partial charge in [0.25, 0.3) is 0 Å². The van der Waals surface area contributed by atoms with Crippen molar-refractivity contribution in [2.75, 3.05) is 39.6 Å². The van der Waals surface area contributed by atoms with E-state index in [1.807, 2.05) is 13.8 Å². The first-order valence-corrected chi connectivity index (χ1v) is 7.64. The molecule has 124 valence electrons. The zero-order valence-corrected chi connectivity index (χ0v) is 13.3. The van der Waals surface area contributed by atoms with E-state index in [0.717, 1.165) is 12.8 Å². The van der Waals surface area contributed by atoms with Crippen LogP contribution in [0.2, 0.25) is 0 Å². The Kier molecular flexibility index (Phi) is 5.24. The second-order valence-electron chi connectivity index (χ2n) is 6.32. The van der Waals surface area contributed by atoms with E-state index >= 15 is 0 Å². The van der Waals surface area contributed by atoms with Crippen molar-refractivity contribution in [1.82, 2.24) is 0 Å². The standard InChI is InChI=1S/C16H24O6/c1-4-15(6-19-7-15)10-21-13(17)12(3)14(18)22-11-16(5-2)8-20-9-16/h3-11H2,1-2H3. The van der Waals surface area contributed by atoms with Gasteiger partial charge in [0.05, 0.1) is 37.3 Å². The molecule has 22 heavy (non-hydrogen) atoms. The van der Waals surface area contributed by atoms with E-state index in [1.54, 1.807) is 0 Å². The number of rotatable bonds is 8. The first-order valence-electron chi connectivity index (χ1n) is 7.64. The van der Waals surface area contributed by atoms with Crippen LogP contribution in [0.1, 0.15) is 26.7 Å². The summed E-state index contributed by atoms with van der Waals surface area (Å²) in [5, 5.41) is 0. The van der Waals surface area contributed by atoms with Crippen LogP contribution in [0.25, 0.3) is 0 Å². The van der Waals surface area contributed by atoms with Crippen molar-refractivity contribution in [2.45, 2.75) is 26.7 Å². The van der Waals surface area contributed by atoms with Gasteiger partial charge in [0.1, 0.15) is 18.8 Å². The fourth-order valence-corrected chi connectivity index (χ4v) is 2.26. The molecule has 0 spiro atoms. The SMILES string of the molecule is C=C(C(=O)OCC1(CC)COC1)C(=O)OCC1(CC)COC1. The number of hydrogen-bond acceptors (Lipinski definition) is 6. The third-order valence-corrected chi connectivity index (χ3v) is 4.64. The molecule has 0 aromatic heterocycles. The Morgan fingerprint density at radius 3 is 1.50 bits per heavy atom. The maximum atomic E-state index is 11.9. The molecule has 2 saturated heterocycles. The second-order valence-corrected chi connectivity index (χ2v) is 6.32. The normalized spacial score (nSPS) is 21.2. The molecular weight excluding hydrogens is 288 g/mol. The molecule has 0 bridgehead atoms. The molecule has 0 saturated carbocycles. The Hall–Kier alpha value is -1.40. The van der Waals surface area contributed by atoms with Gasteiger partial charge in [-0.25, -0.2) is 9.59 Å². The molecule has 2 rings (SSSR count). The minimum Gasteiger partial charge on any atom is -0.461 e. The number of ether oxygens (including phenoxy) is 4. The van der Waals surface area contributed by atoms with Gasteiger partial charge in [-0.1, -0.05) is 20.4 Å². The number of hydrogen-bond donors (Lipinski definition) is 0. The molecule has 0 N–H and O–H groups in total. The third-order valence-electron chi connectivity index (χ3n) is 4.64. The van der Waals surface area contributed by atoms with E-state index in [1.165, 1.54) is 0 Å². The van der Waals surface area contributed by atoms with Crippen LogP contribution in [0.5, 0.6) is 0 Å². The fourth-order valence-electron chi connectivity index (χ4n) is 2.26. The minimum atomic E-state index is -0.722. The highest BCUT2D eigenvalue weighted by Gasteiger charge is 2.40. The van der Waals surface area contributed by atoms with Crippen molar-refractivity contribution in [3.63, 3.8) is 0 Å². The molecule has 0 radical (unpaired) electrons. The number of carbonyl (C=O) groups excluding carboxylic acids is 2. The van der Waals surface area contributed by atoms with Crippen LogP contribution in [0.15, 0.2) is 12.2 Å². The van der Waals surface area contributed by atoms with Gasteiger partial charge in [-0.2, -0.15) is 0 Å². The molecule has 6 heteroatoms. The Morgan fingerprint density at radius 2 is 1.27 bits per heavy atom. The maximum Gasteiger partial charge on any atom is 0.344 e. The van der Waals surface area contributed by atoms with E-state index < -0.39 is 11.9 Å². The van der Waals surface area contributed by atoms with Gasteiger partial charge in [0, 0.05) is 0 Å². The first-order chi connectivity index (χ1) is 10.5. The van der Waals surface area contributed by atoms with E-state index in [-0.39, 0.29) is 29.6 Å². The van der Waals surface area contributed by atoms with Crippen LogP contribution in [-0.4, -0.2) is 51.6 Å². The summed E-state index contributed by atoms with van der Waals surface area (Å²) in [5.74, 6) is -1.44. The summed E-state index contributed by atoms with van der Waals surface area (Å²) in [5.41, 5.74) is -0.497. The van der Waals surface area contributed by atoms with Gasteiger partial charge in [-0.05, 0) is 12.8 Å². The van der Waals surface area contributed by atoms with Crippen LogP contribution in [-0.2, 0) is 28.5 Å². The lowest BCUT2D eigenvalue weighted by atomic mass is 9.84. The molecule has 0 aliphatic carbocycles. The van der Waals surface area contributed by atoms with Gasteiger partial charge >= 0.3 is 11.9 Å². The highest BCUT2D eigenvalue weighted by Crippen LogP contribution is 2.32. The van der Waals surface area contributed by atoms with Crippen LogP contribution in [0.4, 0.5) is 0 Å². The molecule has 6 nitrogen and oxygen atoms in total. The van der Waals surface area contributed by atoms with Crippen LogP contribution in [0, 0.1) is 10.8 Å². The zero-order valence-electron chi connectivity index (χ0n) is 13.3. The lowest BCUT2D eigenvalue weighted by Crippen LogP contribution is -2.47. The molecule has 0 atom stereocenters. The lowest BCUT2D eigenvalue weighted by Gasteiger charge is -2.40. The Labute approximate surface area is 130 Å². The third kappa shape index (κ3) is 3.50. The molecule has 0 aromatic carbocycles. The Bertz CT molecular complexity index is 397. The lowest BCUT2D eigenvalue weighted by molar-refractivity contribution is -0.173. The fraction of sp³-hybridized carbons (Fsp3) is 0.750. The van der Waals surface area contributed by atoms with Gasteiger partial charge in [0.2, 0.25) is 0 Å². The van der Waals surface area contributed by atoms with E-state index in [2.05, 4.69) is 6.58 Å². The van der Waals surface area contributed by atoms with E-state index in [4.69, 9.17) is 18.9 Å². The highest BCUT2D eigenvalue weighted by molar-refractivity contribution is 6.13. The molecule has 0 amide bonds. The predicted octanol–water partition coefficient (Wildman–Crippen LogP) is 1.48. The smallest absolute Gasteiger partial charge is 0.344 e. The second kappa shape index (κ2) is 6.79. The van der Waals surface area contributed by atoms with Crippen molar-refractivity contribution >= 4 is 11.9 Å². The molecular formula is C16H24O6. The van der Waals surface area contributed by atoms with Crippen LogP contribution < -0.4 is 0 Å². The van der Waals surface area contributed by atoms with Gasteiger partial charge in [0.15, 0.2) is 0 Å². The zero-order chi connectivity index (χ0) is 16.2. The van der Waals surface area contributed by atoms with E-state index in [9.17, 15) is 9.59 Å². The minimum absolute atomic E-state index is 0.116. The van der Waals surface area contributed by atoms with Crippen molar-refractivity contribution in [3.8, 4) is 0 Å². The summed E-state index contributed by atoms with van der Waals surface area (Å²) in [4.78, 5) is 23.8. The Morgan fingerprint density at radius 1 is 0.909 bits per heavy atom.